The van der Waals surface area contributed by atoms with Crippen molar-refractivity contribution in [1.29, 1.82) is 0 Å². The van der Waals surface area contributed by atoms with Crippen LogP contribution in [0, 0.1) is 13.8 Å². The van der Waals surface area contributed by atoms with Gasteiger partial charge in [-0.1, -0.05) is 53.5 Å². The van der Waals surface area contributed by atoms with Crippen molar-refractivity contribution in [1.82, 2.24) is 9.99 Å². The van der Waals surface area contributed by atoms with Crippen molar-refractivity contribution in [2.75, 3.05) is 0 Å². The Morgan fingerprint density at radius 1 is 1.11 bits per heavy atom. The standard InChI is InChI=1S/C21H19Cl2N3O/c1-14-10-17(13-24-25-21(27)11-16-6-4-3-5-7-16)15(2)26(14)20-9-8-18(22)12-19(20)23/h3-10,12-13H,11H2,1-2H3,(H,25,27). The number of aromatic nitrogens is 1. The number of hydrazone groups is 1. The van der Waals surface area contributed by atoms with Crippen LogP contribution < -0.4 is 5.43 Å². The van der Waals surface area contributed by atoms with E-state index in [2.05, 4.69) is 10.5 Å². The zero-order valence-corrected chi connectivity index (χ0v) is 16.6. The number of carbonyl (C=O) groups is 1. The van der Waals surface area contributed by atoms with Crippen molar-refractivity contribution in [3.8, 4) is 5.69 Å². The van der Waals surface area contributed by atoms with Gasteiger partial charge in [0.2, 0.25) is 5.91 Å². The summed E-state index contributed by atoms with van der Waals surface area (Å²) in [6, 6.07) is 16.9. The third kappa shape index (κ3) is 4.59. The summed E-state index contributed by atoms with van der Waals surface area (Å²) < 4.78 is 2.03. The predicted octanol–water partition coefficient (Wildman–Crippen LogP) is 5.09. The molecule has 27 heavy (non-hydrogen) atoms. The van der Waals surface area contributed by atoms with Crippen LogP contribution in [0.3, 0.4) is 0 Å². The monoisotopic (exact) mass is 399 g/mol. The molecule has 0 spiro atoms. The summed E-state index contributed by atoms with van der Waals surface area (Å²) in [5.74, 6) is -0.160. The Balaban J connectivity index is 1.74. The van der Waals surface area contributed by atoms with Crippen LogP contribution in [-0.2, 0) is 11.2 Å². The van der Waals surface area contributed by atoms with Gasteiger partial charge in [-0.15, -0.1) is 0 Å². The maximum Gasteiger partial charge on any atom is 0.244 e. The molecule has 1 N–H and O–H groups in total. The summed E-state index contributed by atoms with van der Waals surface area (Å²) in [5.41, 5.74) is 7.25. The number of nitrogens with zero attached hydrogens (tertiary/aromatic N) is 2. The number of hydrogen-bond acceptors (Lipinski definition) is 2. The fourth-order valence-electron chi connectivity index (χ4n) is 2.95. The molecule has 0 radical (unpaired) electrons. The van der Waals surface area contributed by atoms with Gasteiger partial charge in [0.05, 0.1) is 23.3 Å². The van der Waals surface area contributed by atoms with Crippen molar-refractivity contribution in [3.05, 3.63) is 87.2 Å². The summed E-state index contributed by atoms with van der Waals surface area (Å²) in [7, 11) is 0. The van der Waals surface area contributed by atoms with E-state index in [4.69, 9.17) is 23.2 Å². The molecule has 0 fully saturated rings. The molecule has 138 valence electrons. The number of benzene rings is 2. The summed E-state index contributed by atoms with van der Waals surface area (Å²) in [6.07, 6.45) is 1.93. The van der Waals surface area contributed by atoms with Crippen molar-refractivity contribution in [2.24, 2.45) is 5.10 Å². The number of hydrogen-bond donors (Lipinski definition) is 1. The second-order valence-electron chi connectivity index (χ2n) is 6.21. The number of aryl methyl sites for hydroxylation is 1. The summed E-state index contributed by atoms with van der Waals surface area (Å²) in [4.78, 5) is 12.0. The SMILES string of the molecule is Cc1cc(C=NNC(=O)Cc2ccccc2)c(C)n1-c1ccc(Cl)cc1Cl. The number of amides is 1. The van der Waals surface area contributed by atoms with E-state index in [0.717, 1.165) is 28.2 Å². The van der Waals surface area contributed by atoms with Gasteiger partial charge in [-0.3, -0.25) is 4.79 Å². The molecule has 0 unspecified atom stereocenters. The summed E-state index contributed by atoms with van der Waals surface area (Å²) in [6.45, 7) is 3.97. The van der Waals surface area contributed by atoms with Gasteiger partial charge in [-0.05, 0) is 43.7 Å². The molecular weight excluding hydrogens is 381 g/mol. The van der Waals surface area contributed by atoms with E-state index in [0.29, 0.717) is 10.0 Å². The molecule has 0 saturated carbocycles. The van der Waals surface area contributed by atoms with Crippen LogP contribution in [-0.4, -0.2) is 16.7 Å². The first-order valence-corrected chi connectivity index (χ1v) is 9.21. The van der Waals surface area contributed by atoms with Gasteiger partial charge >= 0.3 is 0 Å². The fraction of sp³-hybridized carbons (Fsp3) is 0.143. The first-order chi connectivity index (χ1) is 13.0. The molecule has 0 aliphatic heterocycles. The van der Waals surface area contributed by atoms with Gasteiger partial charge in [0, 0.05) is 22.0 Å². The van der Waals surface area contributed by atoms with Crippen LogP contribution in [0.25, 0.3) is 5.69 Å². The molecule has 1 amide bonds. The van der Waals surface area contributed by atoms with Crippen LogP contribution in [0.4, 0.5) is 0 Å². The lowest BCUT2D eigenvalue weighted by atomic mass is 10.1. The van der Waals surface area contributed by atoms with E-state index in [-0.39, 0.29) is 12.3 Å². The van der Waals surface area contributed by atoms with Crippen molar-refractivity contribution < 1.29 is 4.79 Å². The summed E-state index contributed by atoms with van der Waals surface area (Å²) >= 11 is 12.3. The van der Waals surface area contributed by atoms with Gasteiger partial charge in [0.1, 0.15) is 0 Å². The minimum absolute atomic E-state index is 0.160. The molecule has 0 saturated heterocycles. The molecule has 2 aromatic carbocycles. The Morgan fingerprint density at radius 2 is 1.85 bits per heavy atom. The van der Waals surface area contributed by atoms with E-state index in [1.54, 1.807) is 18.3 Å². The van der Waals surface area contributed by atoms with E-state index < -0.39 is 0 Å². The lowest BCUT2D eigenvalue weighted by Crippen LogP contribution is -2.19. The van der Waals surface area contributed by atoms with Crippen molar-refractivity contribution in [3.63, 3.8) is 0 Å². The average molecular weight is 400 g/mol. The first-order valence-electron chi connectivity index (χ1n) is 8.46. The molecular formula is C21H19Cl2N3O. The van der Waals surface area contributed by atoms with Gasteiger partial charge in [0.15, 0.2) is 0 Å². The second kappa shape index (κ2) is 8.42. The van der Waals surface area contributed by atoms with Gasteiger partial charge < -0.3 is 4.57 Å². The largest absolute Gasteiger partial charge is 0.316 e. The van der Waals surface area contributed by atoms with Gasteiger partial charge in [-0.2, -0.15) is 5.10 Å². The van der Waals surface area contributed by atoms with E-state index >= 15 is 0 Å². The lowest BCUT2D eigenvalue weighted by Gasteiger charge is -2.11. The van der Waals surface area contributed by atoms with Crippen LogP contribution in [0.15, 0.2) is 59.7 Å². The van der Waals surface area contributed by atoms with Gasteiger partial charge in [-0.25, -0.2) is 5.43 Å². The highest BCUT2D eigenvalue weighted by molar-refractivity contribution is 6.35. The minimum Gasteiger partial charge on any atom is -0.316 e. The molecule has 1 aromatic heterocycles. The molecule has 0 aliphatic carbocycles. The Kier molecular flexibility index (Phi) is 5.99. The number of halogens is 2. The highest BCUT2D eigenvalue weighted by atomic mass is 35.5. The lowest BCUT2D eigenvalue weighted by molar-refractivity contribution is -0.120. The highest BCUT2D eigenvalue weighted by Crippen LogP contribution is 2.28. The number of rotatable bonds is 5. The quantitative estimate of drug-likeness (QED) is 0.471. The van der Waals surface area contributed by atoms with E-state index in [1.807, 2.05) is 60.9 Å². The van der Waals surface area contributed by atoms with E-state index in [9.17, 15) is 4.79 Å². The maximum absolute atomic E-state index is 12.0. The van der Waals surface area contributed by atoms with Crippen molar-refractivity contribution >= 4 is 35.3 Å². The third-order valence-corrected chi connectivity index (χ3v) is 4.76. The molecule has 6 heteroatoms. The topological polar surface area (TPSA) is 46.4 Å². The second-order valence-corrected chi connectivity index (χ2v) is 7.06. The molecule has 0 atom stereocenters. The number of carbonyl (C=O) groups excluding carboxylic acids is 1. The van der Waals surface area contributed by atoms with Crippen LogP contribution in [0.5, 0.6) is 0 Å². The minimum atomic E-state index is -0.160. The maximum atomic E-state index is 12.0. The Hall–Kier alpha value is -2.56. The van der Waals surface area contributed by atoms with Gasteiger partial charge in [0.25, 0.3) is 0 Å². The molecule has 4 nitrogen and oxygen atoms in total. The average Bonchev–Trinajstić information content (AvgIpc) is 2.90. The first kappa shape index (κ1) is 19.2. The molecule has 3 aromatic rings. The Morgan fingerprint density at radius 3 is 2.56 bits per heavy atom. The zero-order chi connectivity index (χ0) is 19.4. The molecule has 3 rings (SSSR count). The Bertz CT molecular complexity index is 994. The molecule has 1 heterocycles. The normalized spacial score (nSPS) is 11.1. The van der Waals surface area contributed by atoms with Crippen LogP contribution in [0.1, 0.15) is 22.5 Å². The third-order valence-electron chi connectivity index (χ3n) is 4.22. The fourth-order valence-corrected chi connectivity index (χ4v) is 3.44. The van der Waals surface area contributed by atoms with Crippen molar-refractivity contribution in [2.45, 2.75) is 20.3 Å². The van der Waals surface area contributed by atoms with Crippen LogP contribution >= 0.6 is 23.2 Å². The Labute approximate surface area is 168 Å². The summed E-state index contributed by atoms with van der Waals surface area (Å²) in [5, 5.41) is 5.26. The smallest absolute Gasteiger partial charge is 0.244 e. The number of nitrogens with one attached hydrogen (secondary N) is 1. The van der Waals surface area contributed by atoms with Crippen LogP contribution in [0.2, 0.25) is 10.0 Å². The molecule has 0 aliphatic rings. The predicted molar refractivity (Wildman–Crippen MR) is 111 cm³/mol. The van der Waals surface area contributed by atoms with E-state index in [1.165, 1.54) is 0 Å². The highest BCUT2D eigenvalue weighted by Gasteiger charge is 2.12. The molecule has 0 bridgehead atoms. The zero-order valence-electron chi connectivity index (χ0n) is 15.0.